The van der Waals surface area contributed by atoms with Crippen LogP contribution in [-0.2, 0) is 4.79 Å². The van der Waals surface area contributed by atoms with Crippen molar-refractivity contribution in [2.75, 3.05) is 0 Å². The highest BCUT2D eigenvalue weighted by molar-refractivity contribution is 8.00. The molecule has 1 aromatic heterocycles. The fraction of sp³-hybridized carbons (Fsp3) is 0.389. The van der Waals surface area contributed by atoms with Gasteiger partial charge in [-0.25, -0.2) is 4.79 Å². The highest BCUT2D eigenvalue weighted by Gasteiger charge is 2.21. The van der Waals surface area contributed by atoms with Crippen molar-refractivity contribution in [1.29, 1.82) is 0 Å². The van der Waals surface area contributed by atoms with Crippen molar-refractivity contribution in [3.05, 3.63) is 36.5 Å². The number of carbonyl (C=O) groups is 2. The third kappa shape index (κ3) is 4.06. The molecule has 1 saturated carbocycles. The first-order valence-electron chi connectivity index (χ1n) is 8.25. The number of nitrogens with zero attached hydrogens (tertiary/aromatic N) is 1. The molecule has 1 aliphatic carbocycles. The Balaban J connectivity index is 1.60. The molecule has 3 rings (SSSR count). The van der Waals surface area contributed by atoms with Crippen LogP contribution in [0.3, 0.4) is 0 Å². The van der Waals surface area contributed by atoms with Gasteiger partial charge in [0.05, 0.1) is 10.8 Å². The van der Waals surface area contributed by atoms with Gasteiger partial charge in [-0.2, -0.15) is 0 Å². The van der Waals surface area contributed by atoms with Gasteiger partial charge in [0.25, 0.3) is 0 Å². The van der Waals surface area contributed by atoms with Crippen LogP contribution < -0.4 is 10.6 Å². The zero-order valence-corrected chi connectivity index (χ0v) is 14.4. The number of aromatic nitrogens is 1. The summed E-state index contributed by atoms with van der Waals surface area (Å²) in [5.41, 5.74) is 0.875. The standard InChI is InChI=1S/C18H21N3O2S/c1-12(17(22)21-18(23)20-14-8-2-3-9-14)24-15-10-4-6-13-7-5-11-19-16(13)15/h4-7,10-12,14H,2-3,8-9H2,1H3,(H2,20,21,22,23)/t12-/m1/s1. The first-order chi connectivity index (χ1) is 11.6. The Morgan fingerprint density at radius 2 is 1.96 bits per heavy atom. The smallest absolute Gasteiger partial charge is 0.321 e. The van der Waals surface area contributed by atoms with E-state index < -0.39 is 6.03 Å². The lowest BCUT2D eigenvalue weighted by Crippen LogP contribution is -2.45. The normalized spacial score (nSPS) is 16.0. The van der Waals surface area contributed by atoms with Crippen LogP contribution in [0.4, 0.5) is 4.79 Å². The quantitative estimate of drug-likeness (QED) is 0.834. The number of para-hydroxylation sites is 1. The molecule has 0 radical (unpaired) electrons. The van der Waals surface area contributed by atoms with Gasteiger partial charge in [-0.3, -0.25) is 15.1 Å². The van der Waals surface area contributed by atoms with E-state index in [0.717, 1.165) is 41.5 Å². The van der Waals surface area contributed by atoms with Gasteiger partial charge in [0.1, 0.15) is 0 Å². The molecule has 2 aromatic rings. The fourth-order valence-corrected chi connectivity index (χ4v) is 3.91. The summed E-state index contributed by atoms with van der Waals surface area (Å²) >= 11 is 1.41. The van der Waals surface area contributed by atoms with Crippen LogP contribution in [-0.4, -0.2) is 28.2 Å². The predicted octanol–water partition coefficient (Wildman–Crippen LogP) is 3.48. The van der Waals surface area contributed by atoms with Crippen molar-refractivity contribution in [2.45, 2.75) is 48.8 Å². The maximum Gasteiger partial charge on any atom is 0.321 e. The lowest BCUT2D eigenvalue weighted by atomic mass is 10.2. The van der Waals surface area contributed by atoms with Crippen LogP contribution in [0.15, 0.2) is 41.4 Å². The maximum absolute atomic E-state index is 12.3. The molecule has 126 valence electrons. The Labute approximate surface area is 145 Å². The summed E-state index contributed by atoms with van der Waals surface area (Å²) in [5.74, 6) is -0.288. The second-order valence-corrected chi connectivity index (χ2v) is 7.42. The first-order valence-corrected chi connectivity index (χ1v) is 9.13. The summed E-state index contributed by atoms with van der Waals surface area (Å²) < 4.78 is 0. The number of fused-ring (bicyclic) bond motifs is 1. The zero-order chi connectivity index (χ0) is 16.9. The number of carbonyl (C=O) groups excluding carboxylic acids is 2. The summed E-state index contributed by atoms with van der Waals surface area (Å²) in [6.07, 6.45) is 6.01. The van der Waals surface area contributed by atoms with Gasteiger partial charge in [-0.1, -0.05) is 31.0 Å². The Kier molecular flexibility index (Phi) is 5.35. The van der Waals surface area contributed by atoms with Gasteiger partial charge >= 0.3 is 6.03 Å². The summed E-state index contributed by atoms with van der Waals surface area (Å²) in [6.45, 7) is 1.80. The van der Waals surface area contributed by atoms with Crippen molar-refractivity contribution in [1.82, 2.24) is 15.6 Å². The molecule has 1 atom stereocenters. The van der Waals surface area contributed by atoms with Crippen LogP contribution in [0.1, 0.15) is 32.6 Å². The number of rotatable bonds is 4. The number of imide groups is 1. The van der Waals surface area contributed by atoms with Crippen LogP contribution in [0.2, 0.25) is 0 Å². The second kappa shape index (κ2) is 7.66. The van der Waals surface area contributed by atoms with Gasteiger partial charge in [0, 0.05) is 22.5 Å². The van der Waals surface area contributed by atoms with Gasteiger partial charge in [-0.15, -0.1) is 11.8 Å². The van der Waals surface area contributed by atoms with Gasteiger partial charge in [0.2, 0.25) is 5.91 Å². The monoisotopic (exact) mass is 343 g/mol. The van der Waals surface area contributed by atoms with E-state index in [1.165, 1.54) is 11.8 Å². The molecular weight excluding hydrogens is 322 g/mol. The van der Waals surface area contributed by atoms with Crippen molar-refractivity contribution < 1.29 is 9.59 Å². The molecule has 1 heterocycles. The Morgan fingerprint density at radius 1 is 1.21 bits per heavy atom. The molecule has 0 unspecified atom stereocenters. The molecule has 6 heteroatoms. The summed E-state index contributed by atoms with van der Waals surface area (Å²) in [7, 11) is 0. The summed E-state index contributed by atoms with van der Waals surface area (Å²) in [5, 5.41) is 5.96. The number of thioether (sulfide) groups is 1. The van der Waals surface area contributed by atoms with Crippen LogP contribution >= 0.6 is 11.8 Å². The van der Waals surface area contributed by atoms with E-state index in [1.54, 1.807) is 13.1 Å². The van der Waals surface area contributed by atoms with E-state index in [-0.39, 0.29) is 17.2 Å². The lowest BCUT2D eigenvalue weighted by Gasteiger charge is -2.15. The van der Waals surface area contributed by atoms with Crippen molar-refractivity contribution in [3.63, 3.8) is 0 Å². The molecule has 0 bridgehead atoms. The Hall–Kier alpha value is -2.08. The number of urea groups is 1. The van der Waals surface area contributed by atoms with Gasteiger partial charge < -0.3 is 5.32 Å². The molecule has 1 fully saturated rings. The molecule has 1 aromatic carbocycles. The molecular formula is C18H21N3O2S. The van der Waals surface area contributed by atoms with Crippen molar-refractivity contribution in [2.24, 2.45) is 0 Å². The largest absolute Gasteiger partial charge is 0.335 e. The van der Waals surface area contributed by atoms with E-state index in [2.05, 4.69) is 15.6 Å². The highest BCUT2D eigenvalue weighted by Crippen LogP contribution is 2.29. The predicted molar refractivity (Wildman–Crippen MR) is 96.0 cm³/mol. The minimum absolute atomic E-state index is 0.197. The average Bonchev–Trinajstić information content (AvgIpc) is 3.08. The number of nitrogens with one attached hydrogen (secondary N) is 2. The maximum atomic E-state index is 12.3. The molecule has 3 amide bonds. The van der Waals surface area contributed by atoms with E-state index in [1.807, 2.05) is 30.3 Å². The van der Waals surface area contributed by atoms with Crippen LogP contribution in [0.25, 0.3) is 10.9 Å². The van der Waals surface area contributed by atoms with E-state index >= 15 is 0 Å². The molecule has 5 nitrogen and oxygen atoms in total. The number of hydrogen-bond acceptors (Lipinski definition) is 4. The molecule has 2 N–H and O–H groups in total. The van der Waals surface area contributed by atoms with E-state index in [4.69, 9.17) is 0 Å². The second-order valence-electron chi connectivity index (χ2n) is 6.04. The minimum atomic E-state index is -0.393. The number of benzene rings is 1. The Morgan fingerprint density at radius 3 is 2.75 bits per heavy atom. The summed E-state index contributed by atoms with van der Waals surface area (Å²) in [4.78, 5) is 29.5. The highest BCUT2D eigenvalue weighted by atomic mass is 32.2. The molecule has 0 aliphatic heterocycles. The zero-order valence-electron chi connectivity index (χ0n) is 13.6. The number of pyridine rings is 1. The molecule has 0 spiro atoms. The number of amides is 3. The summed E-state index contributed by atoms with van der Waals surface area (Å²) in [6, 6.07) is 9.57. The minimum Gasteiger partial charge on any atom is -0.335 e. The fourth-order valence-electron chi connectivity index (χ4n) is 2.92. The molecule has 24 heavy (non-hydrogen) atoms. The van der Waals surface area contributed by atoms with E-state index in [0.29, 0.717) is 0 Å². The average molecular weight is 343 g/mol. The van der Waals surface area contributed by atoms with Gasteiger partial charge in [0.15, 0.2) is 0 Å². The van der Waals surface area contributed by atoms with E-state index in [9.17, 15) is 9.59 Å². The third-order valence-electron chi connectivity index (χ3n) is 4.20. The first kappa shape index (κ1) is 16.8. The number of hydrogen-bond donors (Lipinski definition) is 2. The van der Waals surface area contributed by atoms with Crippen molar-refractivity contribution in [3.8, 4) is 0 Å². The van der Waals surface area contributed by atoms with Crippen LogP contribution in [0.5, 0.6) is 0 Å². The van der Waals surface area contributed by atoms with Crippen LogP contribution in [0, 0.1) is 0 Å². The third-order valence-corrected chi connectivity index (χ3v) is 5.35. The van der Waals surface area contributed by atoms with Crippen molar-refractivity contribution >= 4 is 34.6 Å². The van der Waals surface area contributed by atoms with Gasteiger partial charge in [-0.05, 0) is 31.9 Å². The molecule has 1 aliphatic rings. The lowest BCUT2D eigenvalue weighted by molar-refractivity contribution is -0.119. The SMILES string of the molecule is C[C@@H](Sc1cccc2cccnc12)C(=O)NC(=O)NC1CCCC1. The molecule has 0 saturated heterocycles. The Bertz CT molecular complexity index is 739. The topological polar surface area (TPSA) is 71.1 Å².